The first-order valence-corrected chi connectivity index (χ1v) is 8.85. The lowest BCUT2D eigenvalue weighted by molar-refractivity contribution is -0.00844. The Kier molecular flexibility index (Phi) is 7.37. The van der Waals surface area contributed by atoms with Gasteiger partial charge in [-0.25, -0.2) is 9.78 Å². The zero-order valence-electron chi connectivity index (χ0n) is 15.9. The number of fused-ring (bicyclic) bond motifs is 1. The third-order valence-electron chi connectivity index (χ3n) is 4.00. The Hall–Kier alpha value is -2.39. The van der Waals surface area contributed by atoms with Crippen LogP contribution in [-0.4, -0.2) is 78.5 Å². The lowest BCUT2D eigenvalue weighted by Gasteiger charge is -2.36. The molecule has 1 aromatic heterocycles. The standard InChI is InChI=1S/C10H20N2O3.C8H7NO3/c1-10(2,3)12(9(13)14)7-8-6-11-4-5-15-8;10-5-6-3-7-8(4-9-6)12-2-1-11-7/h8,11H,4-7H2,1-3H3,(H,13,14);3-5H,1-2H2/t8-;/m1./s1. The molecule has 9 heteroatoms. The van der Waals surface area contributed by atoms with E-state index >= 15 is 0 Å². The zero-order valence-corrected chi connectivity index (χ0v) is 15.9. The van der Waals surface area contributed by atoms with Crippen LogP contribution in [0.15, 0.2) is 12.3 Å². The number of carbonyl (C=O) groups excluding carboxylic acids is 1. The van der Waals surface area contributed by atoms with Crippen molar-refractivity contribution < 1.29 is 28.9 Å². The SMILES string of the molecule is CC(C)(C)N(C[C@H]1CNCCO1)C(=O)O.O=Cc1cc2c(cn1)OCCO2. The number of carbonyl (C=O) groups is 2. The van der Waals surface area contributed by atoms with E-state index in [9.17, 15) is 9.59 Å². The first kappa shape index (κ1) is 20.9. The molecular formula is C18H27N3O6. The predicted molar refractivity (Wildman–Crippen MR) is 97.7 cm³/mol. The minimum Gasteiger partial charge on any atom is -0.486 e. The maximum atomic E-state index is 11.1. The average molecular weight is 381 g/mol. The van der Waals surface area contributed by atoms with Crippen molar-refractivity contribution in [3.63, 3.8) is 0 Å². The number of aldehydes is 1. The average Bonchev–Trinajstić information content (AvgIpc) is 2.66. The Morgan fingerprint density at radius 2 is 2.04 bits per heavy atom. The molecule has 0 aromatic carbocycles. The number of hydrogen-bond donors (Lipinski definition) is 2. The third kappa shape index (κ3) is 6.37. The predicted octanol–water partition coefficient (Wildman–Crippen LogP) is 1.42. The summed E-state index contributed by atoms with van der Waals surface area (Å²) in [6.07, 6.45) is 1.25. The summed E-state index contributed by atoms with van der Waals surface area (Å²) in [6, 6.07) is 1.57. The van der Waals surface area contributed by atoms with Crippen LogP contribution in [0.1, 0.15) is 31.3 Å². The number of morpholine rings is 1. The molecule has 9 nitrogen and oxygen atoms in total. The van der Waals surface area contributed by atoms with Crippen LogP contribution in [0.2, 0.25) is 0 Å². The van der Waals surface area contributed by atoms with Gasteiger partial charge in [-0.3, -0.25) is 4.79 Å². The molecule has 1 atom stereocenters. The molecular weight excluding hydrogens is 354 g/mol. The first-order valence-electron chi connectivity index (χ1n) is 8.85. The number of amides is 1. The lowest BCUT2D eigenvalue weighted by atomic mass is 10.1. The van der Waals surface area contributed by atoms with Gasteiger partial charge in [0.15, 0.2) is 17.8 Å². The number of nitrogens with zero attached hydrogens (tertiary/aromatic N) is 2. The molecule has 1 fully saturated rings. The number of aromatic nitrogens is 1. The van der Waals surface area contributed by atoms with Gasteiger partial charge in [0, 0.05) is 24.7 Å². The van der Waals surface area contributed by atoms with Crippen molar-refractivity contribution in [3.8, 4) is 11.5 Å². The zero-order chi connectivity index (χ0) is 19.9. The van der Waals surface area contributed by atoms with Crippen LogP contribution in [0, 0.1) is 0 Å². The van der Waals surface area contributed by atoms with Crippen molar-refractivity contribution in [3.05, 3.63) is 18.0 Å². The van der Waals surface area contributed by atoms with Crippen LogP contribution in [-0.2, 0) is 4.74 Å². The second-order valence-corrected chi connectivity index (χ2v) is 7.13. The summed E-state index contributed by atoms with van der Waals surface area (Å²) in [5.41, 5.74) is -0.0219. The third-order valence-corrected chi connectivity index (χ3v) is 4.00. The van der Waals surface area contributed by atoms with Gasteiger partial charge < -0.3 is 29.5 Å². The number of pyridine rings is 1. The van der Waals surface area contributed by atoms with E-state index < -0.39 is 6.09 Å². The quantitative estimate of drug-likeness (QED) is 0.757. The fourth-order valence-corrected chi connectivity index (χ4v) is 2.61. The maximum absolute atomic E-state index is 11.1. The smallest absolute Gasteiger partial charge is 0.407 e. The molecule has 0 bridgehead atoms. The van der Waals surface area contributed by atoms with E-state index in [1.165, 1.54) is 11.1 Å². The monoisotopic (exact) mass is 381 g/mol. The van der Waals surface area contributed by atoms with Crippen LogP contribution < -0.4 is 14.8 Å². The molecule has 1 aromatic rings. The minimum absolute atomic E-state index is 0.0333. The molecule has 0 aliphatic carbocycles. The van der Waals surface area contributed by atoms with Crippen LogP contribution >= 0.6 is 0 Å². The Bertz CT molecular complexity index is 640. The van der Waals surface area contributed by atoms with E-state index in [0.717, 1.165) is 13.1 Å². The van der Waals surface area contributed by atoms with E-state index in [2.05, 4.69) is 10.3 Å². The van der Waals surface area contributed by atoms with Gasteiger partial charge in [-0.1, -0.05) is 0 Å². The normalized spacial score (nSPS) is 18.7. The molecule has 1 amide bonds. The highest BCUT2D eigenvalue weighted by Gasteiger charge is 2.29. The van der Waals surface area contributed by atoms with E-state index in [0.29, 0.717) is 49.8 Å². The molecule has 1 saturated heterocycles. The maximum Gasteiger partial charge on any atom is 0.407 e. The van der Waals surface area contributed by atoms with Gasteiger partial charge in [0.2, 0.25) is 0 Å². The van der Waals surface area contributed by atoms with Gasteiger partial charge in [0.05, 0.1) is 25.5 Å². The molecule has 2 aliphatic rings. The van der Waals surface area contributed by atoms with E-state index in [4.69, 9.17) is 19.3 Å². The molecule has 27 heavy (non-hydrogen) atoms. The highest BCUT2D eigenvalue weighted by molar-refractivity contribution is 5.73. The number of hydrogen-bond acceptors (Lipinski definition) is 7. The molecule has 2 aliphatic heterocycles. The topological polar surface area (TPSA) is 110 Å². The highest BCUT2D eigenvalue weighted by atomic mass is 16.6. The number of carboxylic acid groups (broad SMARTS) is 1. The van der Waals surface area contributed by atoms with Gasteiger partial charge in [-0.2, -0.15) is 0 Å². The van der Waals surface area contributed by atoms with E-state index in [-0.39, 0.29) is 11.6 Å². The summed E-state index contributed by atoms with van der Waals surface area (Å²) < 4.78 is 15.9. The minimum atomic E-state index is -0.892. The largest absolute Gasteiger partial charge is 0.486 e. The molecule has 3 rings (SSSR count). The summed E-state index contributed by atoms with van der Waals surface area (Å²) in [4.78, 5) is 26.7. The second-order valence-electron chi connectivity index (χ2n) is 7.13. The molecule has 0 spiro atoms. The molecule has 0 unspecified atom stereocenters. The van der Waals surface area contributed by atoms with Crippen molar-refractivity contribution in [2.24, 2.45) is 0 Å². The van der Waals surface area contributed by atoms with Crippen LogP contribution in [0.25, 0.3) is 0 Å². The first-order chi connectivity index (χ1) is 12.8. The van der Waals surface area contributed by atoms with Crippen molar-refractivity contribution in [2.45, 2.75) is 32.4 Å². The van der Waals surface area contributed by atoms with Crippen LogP contribution in [0.3, 0.4) is 0 Å². The number of nitrogens with one attached hydrogen (secondary N) is 1. The fraction of sp³-hybridized carbons (Fsp3) is 0.611. The number of rotatable bonds is 3. The lowest BCUT2D eigenvalue weighted by Crippen LogP contribution is -2.52. The van der Waals surface area contributed by atoms with Gasteiger partial charge in [0.25, 0.3) is 0 Å². The van der Waals surface area contributed by atoms with Crippen molar-refractivity contribution in [1.29, 1.82) is 0 Å². The molecule has 0 saturated carbocycles. The molecule has 150 valence electrons. The Balaban J connectivity index is 0.000000198. The highest BCUT2D eigenvalue weighted by Crippen LogP contribution is 2.28. The Morgan fingerprint density at radius 3 is 2.59 bits per heavy atom. The summed E-state index contributed by atoms with van der Waals surface area (Å²) >= 11 is 0. The van der Waals surface area contributed by atoms with Gasteiger partial charge in [-0.05, 0) is 20.8 Å². The summed E-state index contributed by atoms with van der Waals surface area (Å²) in [5, 5.41) is 12.3. The van der Waals surface area contributed by atoms with Crippen LogP contribution in [0.4, 0.5) is 4.79 Å². The van der Waals surface area contributed by atoms with Gasteiger partial charge in [-0.15, -0.1) is 0 Å². The van der Waals surface area contributed by atoms with Crippen molar-refractivity contribution in [1.82, 2.24) is 15.2 Å². The Morgan fingerprint density at radius 1 is 1.33 bits per heavy atom. The summed E-state index contributed by atoms with van der Waals surface area (Å²) in [7, 11) is 0. The molecule has 2 N–H and O–H groups in total. The Labute approximate surface area is 158 Å². The van der Waals surface area contributed by atoms with Crippen molar-refractivity contribution in [2.75, 3.05) is 39.5 Å². The molecule has 0 radical (unpaired) electrons. The van der Waals surface area contributed by atoms with E-state index in [1.54, 1.807) is 6.07 Å². The summed E-state index contributed by atoms with van der Waals surface area (Å²) in [6.45, 7) is 9.36. The van der Waals surface area contributed by atoms with Gasteiger partial charge in [0.1, 0.15) is 18.9 Å². The fourth-order valence-electron chi connectivity index (χ4n) is 2.61. The second kappa shape index (κ2) is 9.52. The van der Waals surface area contributed by atoms with Gasteiger partial charge >= 0.3 is 6.09 Å². The summed E-state index contributed by atoms with van der Waals surface area (Å²) in [5.74, 6) is 1.20. The number of ether oxygens (including phenoxy) is 3. The van der Waals surface area contributed by atoms with Crippen LogP contribution in [0.5, 0.6) is 11.5 Å². The molecule has 3 heterocycles. The van der Waals surface area contributed by atoms with E-state index in [1.807, 2.05) is 20.8 Å². The van der Waals surface area contributed by atoms with Crippen molar-refractivity contribution >= 4 is 12.4 Å².